The van der Waals surface area contributed by atoms with Crippen LogP contribution in [0.25, 0.3) is 0 Å². The van der Waals surface area contributed by atoms with Gasteiger partial charge in [-0.15, -0.1) is 0 Å². The Morgan fingerprint density at radius 2 is 1.29 bits per heavy atom. The average molecular weight is 624 g/mol. The molecular weight excluding hydrogens is 573 g/mol. The van der Waals surface area contributed by atoms with Crippen LogP contribution in [0.2, 0.25) is 0 Å². The van der Waals surface area contributed by atoms with Crippen molar-refractivity contribution < 1.29 is 57.4 Å². The van der Waals surface area contributed by atoms with Gasteiger partial charge in [-0.3, -0.25) is 28.2 Å². The lowest BCUT2D eigenvalue weighted by molar-refractivity contribution is -0.162. The van der Waals surface area contributed by atoms with Crippen molar-refractivity contribution >= 4 is 31.7 Å². The van der Waals surface area contributed by atoms with E-state index in [0.29, 0.717) is 6.42 Å². The molecule has 5 N–H and O–H groups in total. The van der Waals surface area contributed by atoms with E-state index in [-0.39, 0.29) is 6.42 Å². The maximum Gasteiger partial charge on any atom is 0.472 e. The first-order valence-electron chi connectivity index (χ1n) is 14.8. The number of carboxylic acids is 2. The van der Waals surface area contributed by atoms with Crippen LogP contribution in [-0.4, -0.2) is 71.0 Å². The van der Waals surface area contributed by atoms with E-state index in [2.05, 4.69) is 23.6 Å². The third-order valence-electron chi connectivity index (χ3n) is 6.07. The molecule has 0 saturated carbocycles. The Labute approximate surface area is 248 Å². The molecule has 0 spiro atoms. The van der Waals surface area contributed by atoms with Crippen LogP contribution >= 0.6 is 7.82 Å². The standard InChI is InChI=1S/C28H50NO12P/c1-2-3-4-5-6-7-8-9-10-11-12-13-14-15-16-17-26(32)38-20-23(41-27(33)19-18-25(30)31)21-39-42(36,37)40-22-24(29)28(34)35/h9-10,23-24H,2-8,11-22,29H2,1H3,(H,30,31)(H,34,35)(H,36,37)/b10-9-/t23-,24+/m1/s1. The summed E-state index contributed by atoms with van der Waals surface area (Å²) in [6.45, 7) is 0.154. The van der Waals surface area contributed by atoms with Crippen molar-refractivity contribution in [3.8, 4) is 0 Å². The Hall–Kier alpha value is -2.31. The molecule has 0 aromatic heterocycles. The Balaban J connectivity index is 4.29. The number of phosphoric ester groups is 1. The summed E-state index contributed by atoms with van der Waals surface area (Å²) in [6.07, 6.45) is 16.9. The van der Waals surface area contributed by atoms with Crippen molar-refractivity contribution in [2.45, 2.75) is 122 Å². The van der Waals surface area contributed by atoms with Crippen LogP contribution < -0.4 is 5.73 Å². The molecule has 0 saturated heterocycles. The Morgan fingerprint density at radius 3 is 1.86 bits per heavy atom. The molecule has 42 heavy (non-hydrogen) atoms. The van der Waals surface area contributed by atoms with Crippen LogP contribution in [0.3, 0.4) is 0 Å². The summed E-state index contributed by atoms with van der Waals surface area (Å²) < 4.78 is 31.3. The molecule has 0 aliphatic rings. The van der Waals surface area contributed by atoms with Gasteiger partial charge in [-0.25, -0.2) is 4.57 Å². The summed E-state index contributed by atoms with van der Waals surface area (Å²) in [5.74, 6) is -4.19. The smallest absolute Gasteiger partial charge is 0.472 e. The molecule has 13 nitrogen and oxygen atoms in total. The van der Waals surface area contributed by atoms with Crippen molar-refractivity contribution in [2.75, 3.05) is 19.8 Å². The second-order valence-electron chi connectivity index (χ2n) is 10.0. The summed E-state index contributed by atoms with van der Waals surface area (Å²) in [7, 11) is -4.78. The van der Waals surface area contributed by atoms with Gasteiger partial charge in [-0.05, 0) is 32.1 Å². The number of carbonyl (C=O) groups excluding carboxylic acids is 2. The van der Waals surface area contributed by atoms with E-state index in [4.69, 9.17) is 29.9 Å². The minimum absolute atomic E-state index is 0.132. The molecule has 0 bridgehead atoms. The van der Waals surface area contributed by atoms with E-state index in [1.807, 2.05) is 0 Å². The number of rotatable bonds is 28. The number of allylic oxidation sites excluding steroid dienone is 2. The maximum atomic E-state index is 12.1. The molecule has 0 aliphatic heterocycles. The first-order chi connectivity index (χ1) is 20.0. The lowest BCUT2D eigenvalue weighted by Crippen LogP contribution is -2.34. The van der Waals surface area contributed by atoms with Gasteiger partial charge in [0.1, 0.15) is 12.6 Å². The van der Waals surface area contributed by atoms with Crippen molar-refractivity contribution in [1.82, 2.24) is 0 Å². The molecule has 0 aliphatic carbocycles. The summed E-state index contributed by atoms with van der Waals surface area (Å²) in [5, 5.41) is 17.4. The highest BCUT2D eigenvalue weighted by Crippen LogP contribution is 2.43. The maximum absolute atomic E-state index is 12.1. The Bertz CT molecular complexity index is 851. The zero-order valence-electron chi connectivity index (χ0n) is 24.8. The molecule has 0 amide bonds. The molecule has 0 radical (unpaired) electrons. The number of hydrogen-bond donors (Lipinski definition) is 4. The topological polar surface area (TPSA) is 209 Å². The largest absolute Gasteiger partial charge is 0.481 e. The molecule has 3 atom stereocenters. The summed E-state index contributed by atoms with van der Waals surface area (Å²) in [6, 6.07) is -1.57. The van der Waals surface area contributed by atoms with Crippen LogP contribution in [0.5, 0.6) is 0 Å². The Kier molecular flexibility index (Phi) is 23.8. The molecule has 0 aromatic rings. The van der Waals surface area contributed by atoms with Crippen LogP contribution in [0, 0.1) is 0 Å². The number of carboxylic acid groups (broad SMARTS) is 2. The quantitative estimate of drug-likeness (QED) is 0.0396. The van der Waals surface area contributed by atoms with E-state index < -0.39 is 76.5 Å². The molecular formula is C28H50NO12P. The second kappa shape index (κ2) is 25.2. The number of phosphoric acid groups is 1. The fourth-order valence-electron chi connectivity index (χ4n) is 3.63. The lowest BCUT2D eigenvalue weighted by atomic mass is 10.1. The number of carbonyl (C=O) groups is 4. The van der Waals surface area contributed by atoms with Crippen molar-refractivity contribution in [2.24, 2.45) is 5.73 Å². The fourth-order valence-corrected chi connectivity index (χ4v) is 4.41. The number of aliphatic carboxylic acids is 2. The monoisotopic (exact) mass is 623 g/mol. The molecule has 14 heteroatoms. The van der Waals surface area contributed by atoms with Gasteiger partial charge in [-0.1, -0.05) is 70.4 Å². The van der Waals surface area contributed by atoms with Gasteiger partial charge in [0.2, 0.25) is 0 Å². The van der Waals surface area contributed by atoms with E-state index in [9.17, 15) is 28.6 Å². The number of esters is 2. The van der Waals surface area contributed by atoms with Crippen LogP contribution in [0.1, 0.15) is 110 Å². The summed E-state index contributed by atoms with van der Waals surface area (Å²) >= 11 is 0. The zero-order valence-corrected chi connectivity index (χ0v) is 25.7. The number of hydrogen-bond acceptors (Lipinski definition) is 10. The Morgan fingerprint density at radius 1 is 0.738 bits per heavy atom. The van der Waals surface area contributed by atoms with Crippen molar-refractivity contribution in [3.05, 3.63) is 12.2 Å². The van der Waals surface area contributed by atoms with Gasteiger partial charge in [0.05, 0.1) is 26.1 Å². The number of ether oxygens (including phenoxy) is 2. The van der Waals surface area contributed by atoms with Gasteiger partial charge < -0.3 is 30.3 Å². The van der Waals surface area contributed by atoms with Crippen LogP contribution in [-0.2, 0) is 42.3 Å². The highest BCUT2D eigenvalue weighted by molar-refractivity contribution is 7.47. The number of nitrogens with two attached hydrogens (primary N) is 1. The minimum Gasteiger partial charge on any atom is -0.481 e. The van der Waals surface area contributed by atoms with Gasteiger partial charge in [0.25, 0.3) is 0 Å². The average Bonchev–Trinajstić information content (AvgIpc) is 2.94. The SMILES string of the molecule is CCCCCCCC/C=C\CCCCCCCC(=O)OC[C@H](COP(=O)(O)OC[C@H](N)C(=O)O)OC(=O)CCC(=O)O. The first-order valence-corrected chi connectivity index (χ1v) is 16.3. The summed E-state index contributed by atoms with van der Waals surface area (Å²) in [5.41, 5.74) is 5.21. The fraction of sp³-hybridized carbons (Fsp3) is 0.786. The van der Waals surface area contributed by atoms with Gasteiger partial charge in [0.15, 0.2) is 6.10 Å². The van der Waals surface area contributed by atoms with E-state index in [0.717, 1.165) is 38.5 Å². The lowest BCUT2D eigenvalue weighted by Gasteiger charge is -2.20. The molecule has 244 valence electrons. The van der Waals surface area contributed by atoms with Crippen LogP contribution in [0.15, 0.2) is 12.2 Å². The molecule has 0 rings (SSSR count). The van der Waals surface area contributed by atoms with Gasteiger partial charge in [-0.2, -0.15) is 0 Å². The van der Waals surface area contributed by atoms with E-state index in [1.165, 1.54) is 38.5 Å². The van der Waals surface area contributed by atoms with Crippen LogP contribution in [0.4, 0.5) is 0 Å². The molecule has 0 fully saturated rings. The molecule has 1 unspecified atom stereocenters. The number of unbranched alkanes of at least 4 members (excludes halogenated alkanes) is 11. The predicted octanol–water partition coefficient (Wildman–Crippen LogP) is 4.89. The highest BCUT2D eigenvalue weighted by atomic mass is 31.2. The second-order valence-corrected chi connectivity index (χ2v) is 11.5. The molecule has 0 heterocycles. The first kappa shape index (κ1) is 39.7. The van der Waals surface area contributed by atoms with E-state index >= 15 is 0 Å². The zero-order chi connectivity index (χ0) is 31.6. The van der Waals surface area contributed by atoms with Gasteiger partial charge in [0, 0.05) is 6.42 Å². The third-order valence-corrected chi connectivity index (χ3v) is 7.02. The van der Waals surface area contributed by atoms with E-state index in [1.54, 1.807) is 0 Å². The van der Waals surface area contributed by atoms with Gasteiger partial charge >= 0.3 is 31.7 Å². The minimum atomic E-state index is -4.78. The predicted molar refractivity (Wildman–Crippen MR) is 155 cm³/mol. The summed E-state index contributed by atoms with van der Waals surface area (Å²) in [4.78, 5) is 55.2. The molecule has 0 aromatic carbocycles. The highest BCUT2D eigenvalue weighted by Gasteiger charge is 2.28. The third kappa shape index (κ3) is 25.4. The van der Waals surface area contributed by atoms with Crippen molar-refractivity contribution in [1.29, 1.82) is 0 Å². The van der Waals surface area contributed by atoms with Crippen molar-refractivity contribution in [3.63, 3.8) is 0 Å². The normalized spacial score (nSPS) is 14.3.